The lowest BCUT2D eigenvalue weighted by molar-refractivity contribution is -0.274. The summed E-state index contributed by atoms with van der Waals surface area (Å²) in [6.45, 7) is 0.141. The Kier molecular flexibility index (Phi) is 6.99. The number of fused-ring (bicyclic) bond motifs is 3. The van der Waals surface area contributed by atoms with E-state index in [2.05, 4.69) is 19.8 Å². The highest BCUT2D eigenvalue weighted by Gasteiger charge is 2.43. The molecule has 0 amide bonds. The minimum Gasteiger partial charge on any atom is -0.405 e. The molecule has 8 nitrogen and oxygen atoms in total. The molecule has 1 aliphatic carbocycles. The van der Waals surface area contributed by atoms with Gasteiger partial charge in [0.1, 0.15) is 22.7 Å². The van der Waals surface area contributed by atoms with Crippen LogP contribution in [0.15, 0.2) is 45.8 Å². The molecule has 2 aliphatic heterocycles. The summed E-state index contributed by atoms with van der Waals surface area (Å²) in [6.07, 6.45) is 0.128. The summed E-state index contributed by atoms with van der Waals surface area (Å²) in [6, 6.07) is 8.66. The Hall–Kier alpha value is -3.07. The van der Waals surface area contributed by atoms with Crippen LogP contribution < -0.4 is 9.64 Å². The molecule has 0 spiro atoms. The molecule has 14 heteroatoms. The van der Waals surface area contributed by atoms with Gasteiger partial charge in [0, 0.05) is 29.1 Å². The van der Waals surface area contributed by atoms with Crippen LogP contribution in [0.2, 0.25) is 0 Å². The van der Waals surface area contributed by atoms with Crippen molar-refractivity contribution in [3.63, 3.8) is 0 Å². The number of thiazole rings is 1. The zero-order valence-corrected chi connectivity index (χ0v) is 23.6. The maximum atomic E-state index is 14.6. The van der Waals surface area contributed by atoms with Gasteiger partial charge in [-0.25, -0.2) is 13.6 Å². The molecule has 2 aromatic carbocycles. The third-order valence-electron chi connectivity index (χ3n) is 8.12. The summed E-state index contributed by atoms with van der Waals surface area (Å²) in [5, 5.41) is 4.83. The van der Waals surface area contributed by atoms with Crippen LogP contribution in [0.5, 0.6) is 5.75 Å². The van der Waals surface area contributed by atoms with Gasteiger partial charge in [-0.1, -0.05) is 28.6 Å². The quantitative estimate of drug-likeness (QED) is 0.163. The summed E-state index contributed by atoms with van der Waals surface area (Å²) in [7, 11) is 0. The van der Waals surface area contributed by atoms with Crippen molar-refractivity contribution in [1.82, 2.24) is 10.1 Å². The van der Waals surface area contributed by atoms with Crippen LogP contribution in [0.3, 0.4) is 0 Å². The van der Waals surface area contributed by atoms with Gasteiger partial charge < -0.3 is 23.4 Å². The minimum atomic E-state index is -4.85. The van der Waals surface area contributed by atoms with Gasteiger partial charge in [-0.05, 0) is 62.8 Å². The third-order valence-corrected chi connectivity index (χ3v) is 9.78. The summed E-state index contributed by atoms with van der Waals surface area (Å²) >= 11 is -0.991. The highest BCUT2D eigenvalue weighted by atomic mass is 32.2. The Balaban J connectivity index is 1.10. The molecule has 4 heterocycles. The van der Waals surface area contributed by atoms with Gasteiger partial charge in [0.2, 0.25) is 0 Å². The summed E-state index contributed by atoms with van der Waals surface area (Å²) in [5.74, 6) is -0.164. The first-order chi connectivity index (χ1) is 20.1. The Labute approximate surface area is 243 Å². The molecule has 1 N–H and O–H groups in total. The van der Waals surface area contributed by atoms with E-state index in [9.17, 15) is 26.3 Å². The number of halogens is 4. The molecule has 3 aliphatic rings. The predicted octanol–water partition coefficient (Wildman–Crippen LogP) is 7.16. The average Bonchev–Trinajstić information content (AvgIpc) is 3.45. The number of anilines is 1. The van der Waals surface area contributed by atoms with E-state index in [0.29, 0.717) is 34.0 Å². The first-order valence-corrected chi connectivity index (χ1v) is 15.5. The van der Waals surface area contributed by atoms with Gasteiger partial charge in [-0.15, -0.1) is 13.2 Å². The van der Waals surface area contributed by atoms with Crippen molar-refractivity contribution in [2.24, 2.45) is 0 Å². The SMILES string of the molecule is O=S(O)c1cc(F)c2nc(N3C4CCC3CC(OCc3c(-c5ccccc5OC(F)(F)F)noc3C3CC3)C4)sc2c1. The summed E-state index contributed by atoms with van der Waals surface area (Å²) in [5.41, 5.74) is 1.31. The maximum Gasteiger partial charge on any atom is 0.573 e. The van der Waals surface area contributed by atoms with Gasteiger partial charge in [-0.3, -0.25) is 0 Å². The first kappa shape index (κ1) is 27.7. The van der Waals surface area contributed by atoms with E-state index in [0.717, 1.165) is 31.7 Å². The standard InChI is InChI=1S/C28H25F4N3O5S2/c29-21-11-18(42(36)37)12-23-25(21)33-27(41-23)35-15-7-8-16(35)10-17(9-15)38-13-20-24(34-40-26(20)14-5-6-14)19-3-1-2-4-22(19)39-28(30,31)32/h1-4,11-12,14-17H,5-10,13H2,(H,36,37). The largest absolute Gasteiger partial charge is 0.573 e. The molecular formula is C28H25F4N3O5S2. The highest BCUT2D eigenvalue weighted by Crippen LogP contribution is 2.47. The number of ether oxygens (including phenoxy) is 2. The van der Waals surface area contributed by atoms with E-state index < -0.39 is 23.3 Å². The van der Waals surface area contributed by atoms with E-state index in [-0.39, 0.29) is 58.1 Å². The zero-order valence-electron chi connectivity index (χ0n) is 22.0. The molecule has 7 rings (SSSR count). The summed E-state index contributed by atoms with van der Waals surface area (Å²) in [4.78, 5) is 6.75. The fourth-order valence-electron chi connectivity index (χ4n) is 6.16. The predicted molar refractivity (Wildman–Crippen MR) is 146 cm³/mol. The van der Waals surface area contributed by atoms with Crippen molar-refractivity contribution in [3.05, 3.63) is 53.5 Å². The molecule has 2 aromatic heterocycles. The highest BCUT2D eigenvalue weighted by molar-refractivity contribution is 7.79. The van der Waals surface area contributed by atoms with Gasteiger partial charge in [0.15, 0.2) is 22.0 Å². The van der Waals surface area contributed by atoms with Crippen LogP contribution in [0.4, 0.5) is 22.7 Å². The van der Waals surface area contributed by atoms with E-state index in [1.54, 1.807) is 6.07 Å². The van der Waals surface area contributed by atoms with E-state index in [1.165, 1.54) is 35.6 Å². The van der Waals surface area contributed by atoms with E-state index in [1.807, 2.05) is 0 Å². The molecule has 3 atom stereocenters. The van der Waals surface area contributed by atoms with Gasteiger partial charge in [-0.2, -0.15) is 0 Å². The van der Waals surface area contributed by atoms with Gasteiger partial charge in [0.25, 0.3) is 0 Å². The number of aromatic nitrogens is 2. The number of hydrogen-bond donors (Lipinski definition) is 1. The van der Waals surface area contributed by atoms with Crippen LogP contribution in [0, 0.1) is 5.82 Å². The molecule has 0 radical (unpaired) electrons. The number of rotatable bonds is 8. The molecular weight excluding hydrogens is 598 g/mol. The Morgan fingerprint density at radius 2 is 1.86 bits per heavy atom. The molecule has 1 saturated carbocycles. The lowest BCUT2D eigenvalue weighted by Gasteiger charge is -2.38. The fraction of sp³-hybridized carbons (Fsp3) is 0.429. The van der Waals surface area contributed by atoms with Crippen LogP contribution in [-0.2, 0) is 22.4 Å². The minimum absolute atomic E-state index is 0.00320. The van der Waals surface area contributed by atoms with Crippen molar-refractivity contribution in [1.29, 1.82) is 0 Å². The van der Waals surface area contributed by atoms with Gasteiger partial charge >= 0.3 is 6.36 Å². The van der Waals surface area contributed by atoms with E-state index in [4.69, 9.17) is 9.26 Å². The molecule has 2 saturated heterocycles. The van der Waals surface area contributed by atoms with Crippen molar-refractivity contribution < 1.29 is 40.3 Å². The Bertz CT molecular complexity index is 1660. The normalized spacial score (nSPS) is 23.1. The Morgan fingerprint density at radius 1 is 1.12 bits per heavy atom. The van der Waals surface area contributed by atoms with Gasteiger partial charge in [0.05, 0.1) is 22.3 Å². The number of hydrogen-bond acceptors (Lipinski definition) is 8. The first-order valence-electron chi connectivity index (χ1n) is 13.6. The number of piperidine rings is 1. The topological polar surface area (TPSA) is 97.9 Å². The smallest absolute Gasteiger partial charge is 0.405 e. The van der Waals surface area contributed by atoms with Crippen LogP contribution >= 0.6 is 11.3 Å². The van der Waals surface area contributed by atoms with Crippen molar-refractivity contribution >= 4 is 37.8 Å². The van der Waals surface area contributed by atoms with Crippen LogP contribution in [0.1, 0.15) is 55.8 Å². The molecule has 4 aromatic rings. The Morgan fingerprint density at radius 3 is 2.55 bits per heavy atom. The second-order valence-electron chi connectivity index (χ2n) is 10.9. The van der Waals surface area contributed by atoms with Crippen molar-refractivity contribution in [3.8, 4) is 17.0 Å². The average molecular weight is 624 g/mol. The van der Waals surface area contributed by atoms with Crippen LogP contribution in [0.25, 0.3) is 21.5 Å². The second-order valence-corrected chi connectivity index (χ2v) is 12.9. The third kappa shape index (κ3) is 5.29. The molecule has 42 heavy (non-hydrogen) atoms. The maximum absolute atomic E-state index is 14.6. The summed E-state index contributed by atoms with van der Waals surface area (Å²) < 4.78 is 91.6. The monoisotopic (exact) mass is 623 g/mol. The number of para-hydroxylation sites is 1. The second kappa shape index (κ2) is 10.6. The van der Waals surface area contributed by atoms with Crippen LogP contribution in [-0.4, -0.2) is 43.5 Å². The molecule has 2 bridgehead atoms. The van der Waals surface area contributed by atoms with Crippen molar-refractivity contribution in [2.75, 3.05) is 4.90 Å². The lowest BCUT2D eigenvalue weighted by Crippen LogP contribution is -2.45. The van der Waals surface area contributed by atoms with Crippen molar-refractivity contribution in [2.45, 2.75) is 80.5 Å². The lowest BCUT2D eigenvalue weighted by atomic mass is 10.00. The molecule has 3 unspecified atom stereocenters. The number of benzene rings is 2. The number of alkyl halides is 3. The van der Waals surface area contributed by atoms with E-state index >= 15 is 0 Å². The zero-order chi connectivity index (χ0) is 29.2. The molecule has 3 fully saturated rings. The number of nitrogens with zero attached hydrogens (tertiary/aromatic N) is 3. The molecule has 222 valence electrons. The fourth-order valence-corrected chi connectivity index (χ4v) is 7.82.